The minimum absolute atomic E-state index is 0.323. The summed E-state index contributed by atoms with van der Waals surface area (Å²) in [5.74, 6) is 1.34. The van der Waals surface area contributed by atoms with Gasteiger partial charge in [0.2, 0.25) is 0 Å². The molecule has 0 bridgehead atoms. The highest BCUT2D eigenvalue weighted by atomic mass is 16.5. The van der Waals surface area contributed by atoms with Crippen molar-refractivity contribution < 1.29 is 14.7 Å². The third-order valence-electron chi connectivity index (χ3n) is 4.67. The van der Waals surface area contributed by atoms with Crippen LogP contribution in [-0.2, 0) is 0 Å². The standard InChI is InChI=1S/C16H22N2O3/c1-16-9-5-4-6-14(16)17-15(18(16)19)11-7-8-12(20-2)13(10-11)21-3/h7-8,10,15,19H,4-6,9H2,1-3H3/t15-,16+/m1/s1. The predicted octanol–water partition coefficient (Wildman–Crippen LogP) is 3.18. The van der Waals surface area contributed by atoms with Gasteiger partial charge in [0.1, 0.15) is 0 Å². The molecular formula is C16H22N2O3. The second-order valence-corrected chi connectivity index (χ2v) is 5.89. The lowest BCUT2D eigenvalue weighted by molar-refractivity contribution is -0.168. The Morgan fingerprint density at radius 3 is 2.67 bits per heavy atom. The monoisotopic (exact) mass is 290 g/mol. The largest absolute Gasteiger partial charge is 0.493 e. The fourth-order valence-corrected chi connectivity index (χ4v) is 3.33. The van der Waals surface area contributed by atoms with Gasteiger partial charge in [0.25, 0.3) is 0 Å². The quantitative estimate of drug-likeness (QED) is 0.929. The van der Waals surface area contributed by atoms with E-state index in [-0.39, 0.29) is 11.7 Å². The van der Waals surface area contributed by atoms with Crippen molar-refractivity contribution in [2.45, 2.75) is 44.3 Å². The first-order valence-corrected chi connectivity index (χ1v) is 7.37. The fraction of sp³-hybridized carbons (Fsp3) is 0.562. The maximum absolute atomic E-state index is 10.6. The maximum atomic E-state index is 10.6. The molecule has 2 aliphatic rings. The van der Waals surface area contributed by atoms with E-state index in [0.29, 0.717) is 11.5 Å². The zero-order chi connectivity index (χ0) is 15.0. The van der Waals surface area contributed by atoms with E-state index in [4.69, 9.17) is 14.5 Å². The van der Waals surface area contributed by atoms with Crippen molar-refractivity contribution in [2.24, 2.45) is 4.99 Å². The molecule has 1 aromatic carbocycles. The van der Waals surface area contributed by atoms with Crippen LogP contribution in [0.4, 0.5) is 0 Å². The lowest BCUT2D eigenvalue weighted by atomic mass is 9.82. The molecule has 1 fully saturated rings. The molecule has 1 aliphatic heterocycles. The van der Waals surface area contributed by atoms with Gasteiger partial charge in [-0.1, -0.05) is 12.5 Å². The minimum Gasteiger partial charge on any atom is -0.493 e. The van der Waals surface area contributed by atoms with E-state index < -0.39 is 0 Å². The van der Waals surface area contributed by atoms with Gasteiger partial charge in [-0.05, 0) is 43.9 Å². The van der Waals surface area contributed by atoms with Crippen LogP contribution in [0.15, 0.2) is 23.2 Å². The SMILES string of the molecule is COc1ccc([C@@H]2N=C3CCCC[C@]3(C)N2O)cc1OC. The number of benzene rings is 1. The highest BCUT2D eigenvalue weighted by molar-refractivity contribution is 5.95. The smallest absolute Gasteiger partial charge is 0.161 e. The zero-order valence-electron chi connectivity index (χ0n) is 12.8. The molecule has 1 N–H and O–H groups in total. The lowest BCUT2D eigenvalue weighted by Crippen LogP contribution is -2.48. The number of hydrogen-bond donors (Lipinski definition) is 1. The highest BCUT2D eigenvalue weighted by Crippen LogP contribution is 2.43. The summed E-state index contributed by atoms with van der Waals surface area (Å²) in [4.78, 5) is 4.76. The summed E-state index contributed by atoms with van der Waals surface area (Å²) in [7, 11) is 3.22. The first-order valence-electron chi connectivity index (χ1n) is 7.37. The number of rotatable bonds is 3. The molecule has 5 heteroatoms. The number of hydrogen-bond acceptors (Lipinski definition) is 5. The van der Waals surface area contributed by atoms with Crippen LogP contribution in [0.2, 0.25) is 0 Å². The molecule has 1 heterocycles. The van der Waals surface area contributed by atoms with E-state index in [1.807, 2.05) is 18.2 Å². The molecule has 1 aromatic rings. The van der Waals surface area contributed by atoms with Crippen molar-refractivity contribution >= 4 is 5.71 Å². The van der Waals surface area contributed by atoms with Crippen LogP contribution in [0, 0.1) is 0 Å². The third kappa shape index (κ3) is 2.21. The van der Waals surface area contributed by atoms with Gasteiger partial charge in [0.15, 0.2) is 17.7 Å². The van der Waals surface area contributed by atoms with Crippen LogP contribution in [0.25, 0.3) is 0 Å². The van der Waals surface area contributed by atoms with Gasteiger partial charge in [-0.2, -0.15) is 5.06 Å². The van der Waals surface area contributed by atoms with Crippen LogP contribution in [0.1, 0.15) is 44.3 Å². The summed E-state index contributed by atoms with van der Waals surface area (Å²) in [6.45, 7) is 2.08. The van der Waals surface area contributed by atoms with Gasteiger partial charge < -0.3 is 14.7 Å². The van der Waals surface area contributed by atoms with Crippen LogP contribution in [0.5, 0.6) is 11.5 Å². The normalized spacial score (nSPS) is 29.0. The van der Waals surface area contributed by atoms with Crippen molar-refractivity contribution in [3.8, 4) is 11.5 Å². The third-order valence-corrected chi connectivity index (χ3v) is 4.67. The molecule has 0 radical (unpaired) electrons. The van der Waals surface area contributed by atoms with Crippen molar-refractivity contribution in [1.29, 1.82) is 0 Å². The number of nitrogens with zero attached hydrogens (tertiary/aromatic N) is 2. The number of fused-ring (bicyclic) bond motifs is 1. The van der Waals surface area contributed by atoms with Crippen molar-refractivity contribution in [3.63, 3.8) is 0 Å². The molecule has 21 heavy (non-hydrogen) atoms. The molecule has 1 saturated carbocycles. The molecular weight excluding hydrogens is 268 g/mol. The van der Waals surface area contributed by atoms with E-state index in [1.54, 1.807) is 14.2 Å². The number of hydroxylamine groups is 2. The second-order valence-electron chi connectivity index (χ2n) is 5.89. The Bertz CT molecular complexity index is 573. The molecule has 0 unspecified atom stereocenters. The van der Waals surface area contributed by atoms with Gasteiger partial charge in [0.05, 0.1) is 19.8 Å². The van der Waals surface area contributed by atoms with Crippen molar-refractivity contribution in [1.82, 2.24) is 5.06 Å². The molecule has 1 aliphatic carbocycles. The van der Waals surface area contributed by atoms with Crippen molar-refractivity contribution in [2.75, 3.05) is 14.2 Å². The van der Waals surface area contributed by atoms with Gasteiger partial charge in [-0.25, -0.2) is 0 Å². The summed E-state index contributed by atoms with van der Waals surface area (Å²) in [5.41, 5.74) is 1.70. The van der Waals surface area contributed by atoms with Gasteiger partial charge in [-0.3, -0.25) is 4.99 Å². The van der Waals surface area contributed by atoms with Crippen molar-refractivity contribution in [3.05, 3.63) is 23.8 Å². The van der Waals surface area contributed by atoms with E-state index in [1.165, 1.54) is 5.06 Å². The minimum atomic E-state index is -0.358. The summed E-state index contributed by atoms with van der Waals surface area (Å²) in [5, 5.41) is 12.0. The van der Waals surface area contributed by atoms with Crippen LogP contribution in [0.3, 0.4) is 0 Å². The van der Waals surface area contributed by atoms with Crippen LogP contribution >= 0.6 is 0 Å². The van der Waals surface area contributed by atoms with E-state index in [2.05, 4.69) is 6.92 Å². The summed E-state index contributed by atoms with van der Waals surface area (Å²) in [6, 6.07) is 5.67. The second kappa shape index (κ2) is 5.31. The first-order chi connectivity index (χ1) is 10.1. The molecule has 3 rings (SSSR count). The Hall–Kier alpha value is -1.59. The summed E-state index contributed by atoms with van der Waals surface area (Å²) < 4.78 is 10.6. The number of methoxy groups -OCH3 is 2. The Kier molecular flexibility index (Phi) is 3.63. The maximum Gasteiger partial charge on any atom is 0.161 e. The van der Waals surface area contributed by atoms with Gasteiger partial charge >= 0.3 is 0 Å². The average molecular weight is 290 g/mol. The Morgan fingerprint density at radius 2 is 2.00 bits per heavy atom. The average Bonchev–Trinajstić information content (AvgIpc) is 2.78. The summed E-state index contributed by atoms with van der Waals surface area (Å²) >= 11 is 0. The van der Waals surface area contributed by atoms with Crippen LogP contribution < -0.4 is 9.47 Å². The van der Waals surface area contributed by atoms with Gasteiger partial charge in [-0.15, -0.1) is 0 Å². The molecule has 2 atom stereocenters. The van der Waals surface area contributed by atoms with E-state index in [9.17, 15) is 5.21 Å². The Labute approximate surface area is 125 Å². The fourth-order valence-electron chi connectivity index (χ4n) is 3.33. The zero-order valence-corrected chi connectivity index (χ0v) is 12.8. The summed E-state index contributed by atoms with van der Waals surface area (Å²) in [6.07, 6.45) is 3.85. The van der Waals surface area contributed by atoms with Crippen LogP contribution in [-0.4, -0.2) is 35.7 Å². The molecule has 0 aromatic heterocycles. The Balaban J connectivity index is 1.96. The first kappa shape index (κ1) is 14.4. The van der Waals surface area contributed by atoms with E-state index >= 15 is 0 Å². The number of aliphatic imine (C=N–C) groups is 1. The van der Waals surface area contributed by atoms with E-state index in [0.717, 1.165) is 37.0 Å². The molecule has 0 amide bonds. The molecule has 0 spiro atoms. The lowest BCUT2D eigenvalue weighted by Gasteiger charge is -2.36. The predicted molar refractivity (Wildman–Crippen MR) is 80.2 cm³/mol. The highest BCUT2D eigenvalue weighted by Gasteiger charge is 2.47. The van der Waals surface area contributed by atoms with Gasteiger partial charge in [0, 0.05) is 5.71 Å². The Morgan fingerprint density at radius 1 is 1.24 bits per heavy atom. The molecule has 114 valence electrons. The molecule has 0 saturated heterocycles. The number of ether oxygens (including phenoxy) is 2. The molecule has 5 nitrogen and oxygen atoms in total. The topological polar surface area (TPSA) is 54.3 Å².